The highest BCUT2D eigenvalue weighted by molar-refractivity contribution is 5.98. The van der Waals surface area contributed by atoms with Crippen molar-refractivity contribution >= 4 is 5.78 Å². The molecule has 31 heavy (non-hydrogen) atoms. The fourth-order valence-electron chi connectivity index (χ4n) is 5.48. The summed E-state index contributed by atoms with van der Waals surface area (Å²) in [5.41, 5.74) is 3.47. The third kappa shape index (κ3) is 4.46. The first-order valence-electron chi connectivity index (χ1n) is 11.1. The molecule has 1 saturated carbocycles. The van der Waals surface area contributed by atoms with Crippen LogP contribution in [0.15, 0.2) is 79.1 Å². The van der Waals surface area contributed by atoms with Gasteiger partial charge in [0, 0.05) is 37.5 Å². The van der Waals surface area contributed by atoms with Crippen molar-refractivity contribution in [2.75, 3.05) is 19.6 Å². The number of nitrogens with zero attached hydrogens (tertiary/aromatic N) is 2. The highest BCUT2D eigenvalue weighted by Crippen LogP contribution is 2.45. The molecule has 2 heterocycles. The second-order valence-corrected chi connectivity index (χ2v) is 9.25. The van der Waals surface area contributed by atoms with Crippen molar-refractivity contribution in [3.05, 3.63) is 90.3 Å². The Kier molecular flexibility index (Phi) is 5.43. The fraction of sp³-hybridized carbons (Fsp3) is 0.333. The Morgan fingerprint density at radius 1 is 0.935 bits per heavy atom. The number of aliphatic hydroxyl groups is 1. The molecule has 0 spiro atoms. The van der Waals surface area contributed by atoms with Crippen LogP contribution in [0.3, 0.4) is 0 Å². The fourth-order valence-corrected chi connectivity index (χ4v) is 5.48. The predicted octanol–water partition coefficient (Wildman–Crippen LogP) is 4.25. The van der Waals surface area contributed by atoms with Gasteiger partial charge in [0.15, 0.2) is 5.78 Å². The van der Waals surface area contributed by atoms with Crippen molar-refractivity contribution in [3.63, 3.8) is 0 Å². The van der Waals surface area contributed by atoms with Crippen LogP contribution in [0.2, 0.25) is 0 Å². The Labute approximate surface area is 183 Å². The molecule has 0 bridgehead atoms. The van der Waals surface area contributed by atoms with Gasteiger partial charge in [0.2, 0.25) is 0 Å². The van der Waals surface area contributed by atoms with E-state index in [0.29, 0.717) is 18.4 Å². The molecule has 1 aliphatic carbocycles. The second kappa shape index (κ2) is 8.37. The van der Waals surface area contributed by atoms with E-state index in [-0.39, 0.29) is 5.78 Å². The lowest BCUT2D eigenvalue weighted by molar-refractivity contribution is 0.0355. The SMILES string of the molecule is O=C(CN1CC2CC(O)(Cc3ccccc3)CC2C1)c1ccc(-c2cccnc2)cc1. The van der Waals surface area contributed by atoms with Gasteiger partial charge in [0.05, 0.1) is 12.1 Å². The number of carbonyl (C=O) groups is 1. The minimum Gasteiger partial charge on any atom is -0.390 e. The first-order valence-corrected chi connectivity index (χ1v) is 11.1. The van der Waals surface area contributed by atoms with E-state index in [9.17, 15) is 9.90 Å². The molecule has 2 unspecified atom stereocenters. The van der Waals surface area contributed by atoms with Crippen molar-refractivity contribution in [1.29, 1.82) is 0 Å². The van der Waals surface area contributed by atoms with Crippen molar-refractivity contribution < 1.29 is 9.90 Å². The zero-order valence-corrected chi connectivity index (χ0v) is 17.7. The van der Waals surface area contributed by atoms with Crippen LogP contribution in [0.25, 0.3) is 11.1 Å². The summed E-state index contributed by atoms with van der Waals surface area (Å²) in [5, 5.41) is 11.1. The molecule has 1 aromatic heterocycles. The number of carbonyl (C=O) groups excluding carboxylic acids is 1. The molecule has 4 heteroatoms. The van der Waals surface area contributed by atoms with Crippen molar-refractivity contribution in [1.82, 2.24) is 9.88 Å². The Hall–Kier alpha value is -2.82. The minimum atomic E-state index is -0.602. The average molecular weight is 413 g/mol. The van der Waals surface area contributed by atoms with E-state index in [1.54, 1.807) is 6.20 Å². The molecular formula is C27H28N2O2. The van der Waals surface area contributed by atoms with Gasteiger partial charge in [0.25, 0.3) is 0 Å². The maximum absolute atomic E-state index is 12.8. The monoisotopic (exact) mass is 412 g/mol. The van der Waals surface area contributed by atoms with Gasteiger partial charge in [-0.3, -0.25) is 14.7 Å². The smallest absolute Gasteiger partial charge is 0.176 e. The second-order valence-electron chi connectivity index (χ2n) is 9.25. The number of fused-ring (bicyclic) bond motifs is 1. The van der Waals surface area contributed by atoms with E-state index in [1.807, 2.05) is 60.8 Å². The van der Waals surface area contributed by atoms with Crippen molar-refractivity contribution in [2.24, 2.45) is 11.8 Å². The van der Waals surface area contributed by atoms with E-state index < -0.39 is 5.60 Å². The Balaban J connectivity index is 1.16. The van der Waals surface area contributed by atoms with Crippen molar-refractivity contribution in [3.8, 4) is 11.1 Å². The number of hydrogen-bond donors (Lipinski definition) is 1. The molecule has 0 amide bonds. The molecule has 0 radical (unpaired) electrons. The topological polar surface area (TPSA) is 53.4 Å². The van der Waals surface area contributed by atoms with Crippen LogP contribution in [-0.4, -0.2) is 46.0 Å². The largest absolute Gasteiger partial charge is 0.390 e. The minimum absolute atomic E-state index is 0.164. The molecule has 5 rings (SSSR count). The van der Waals surface area contributed by atoms with E-state index in [4.69, 9.17) is 0 Å². The van der Waals surface area contributed by atoms with Crippen LogP contribution in [0.5, 0.6) is 0 Å². The van der Waals surface area contributed by atoms with Gasteiger partial charge in [-0.1, -0.05) is 60.7 Å². The molecule has 1 aliphatic heterocycles. The van der Waals surface area contributed by atoms with Gasteiger partial charge in [-0.05, 0) is 47.4 Å². The summed E-state index contributed by atoms with van der Waals surface area (Å²) < 4.78 is 0. The van der Waals surface area contributed by atoms with Crippen LogP contribution < -0.4 is 0 Å². The Morgan fingerprint density at radius 2 is 1.65 bits per heavy atom. The van der Waals surface area contributed by atoms with Crippen LogP contribution in [0, 0.1) is 11.8 Å². The van der Waals surface area contributed by atoms with E-state index in [2.05, 4.69) is 22.0 Å². The summed E-state index contributed by atoms with van der Waals surface area (Å²) in [6, 6.07) is 22.0. The van der Waals surface area contributed by atoms with E-state index >= 15 is 0 Å². The number of pyridine rings is 1. The zero-order valence-electron chi connectivity index (χ0n) is 17.7. The Morgan fingerprint density at radius 3 is 2.29 bits per heavy atom. The third-order valence-electron chi connectivity index (χ3n) is 6.88. The van der Waals surface area contributed by atoms with Crippen LogP contribution >= 0.6 is 0 Å². The van der Waals surface area contributed by atoms with Gasteiger partial charge in [0.1, 0.15) is 0 Å². The van der Waals surface area contributed by atoms with Crippen molar-refractivity contribution in [2.45, 2.75) is 24.9 Å². The van der Waals surface area contributed by atoms with Crippen LogP contribution in [0.1, 0.15) is 28.8 Å². The van der Waals surface area contributed by atoms with Gasteiger partial charge < -0.3 is 5.11 Å². The molecule has 2 atom stereocenters. The number of aromatic nitrogens is 1. The highest BCUT2D eigenvalue weighted by atomic mass is 16.3. The Bertz CT molecular complexity index is 1020. The number of Topliss-reactive ketones (excluding diaryl/α,β-unsaturated/α-hetero) is 1. The summed E-state index contributed by atoms with van der Waals surface area (Å²) in [6.45, 7) is 2.26. The van der Waals surface area contributed by atoms with Gasteiger partial charge in [-0.2, -0.15) is 0 Å². The number of ketones is 1. The third-order valence-corrected chi connectivity index (χ3v) is 6.88. The summed E-state index contributed by atoms with van der Waals surface area (Å²) in [7, 11) is 0. The molecule has 2 fully saturated rings. The number of rotatable bonds is 6. The quantitative estimate of drug-likeness (QED) is 0.615. The summed E-state index contributed by atoms with van der Waals surface area (Å²) >= 11 is 0. The molecule has 158 valence electrons. The summed E-state index contributed by atoms with van der Waals surface area (Å²) in [4.78, 5) is 19.3. The van der Waals surface area contributed by atoms with Crippen LogP contribution in [-0.2, 0) is 6.42 Å². The number of hydrogen-bond acceptors (Lipinski definition) is 4. The first-order chi connectivity index (χ1) is 15.1. The molecule has 2 aromatic carbocycles. The number of likely N-dealkylation sites (tertiary alicyclic amines) is 1. The van der Waals surface area contributed by atoms with Gasteiger partial charge in [-0.25, -0.2) is 0 Å². The maximum atomic E-state index is 12.8. The summed E-state index contributed by atoms with van der Waals surface area (Å²) in [5.74, 6) is 1.13. The lowest BCUT2D eigenvalue weighted by Crippen LogP contribution is -2.34. The van der Waals surface area contributed by atoms with Gasteiger partial charge in [-0.15, -0.1) is 0 Å². The molecule has 1 N–H and O–H groups in total. The summed E-state index contributed by atoms with van der Waals surface area (Å²) in [6.07, 6.45) is 5.98. The first kappa shape index (κ1) is 20.1. The average Bonchev–Trinajstić information content (AvgIpc) is 3.28. The van der Waals surface area contributed by atoms with E-state index in [0.717, 1.165) is 49.0 Å². The standard InChI is InChI=1S/C27H28N2O2/c30-26(22-10-8-21(9-11-22)23-7-4-12-28-16-23)19-29-17-24-14-27(31,15-25(24)18-29)13-20-5-2-1-3-6-20/h1-12,16,24-25,31H,13-15,17-19H2. The number of benzene rings is 2. The van der Waals surface area contributed by atoms with Crippen LogP contribution in [0.4, 0.5) is 0 Å². The molecule has 3 aromatic rings. The molecular weight excluding hydrogens is 384 g/mol. The molecule has 4 nitrogen and oxygen atoms in total. The lowest BCUT2D eigenvalue weighted by atomic mass is 9.91. The zero-order chi connectivity index (χ0) is 21.3. The lowest BCUT2D eigenvalue weighted by Gasteiger charge is -2.26. The predicted molar refractivity (Wildman–Crippen MR) is 122 cm³/mol. The van der Waals surface area contributed by atoms with Gasteiger partial charge >= 0.3 is 0 Å². The molecule has 1 saturated heterocycles. The normalized spacial score (nSPS) is 25.5. The van der Waals surface area contributed by atoms with E-state index in [1.165, 1.54) is 5.56 Å². The maximum Gasteiger partial charge on any atom is 0.176 e. The molecule has 2 aliphatic rings. The highest BCUT2D eigenvalue weighted by Gasteiger charge is 2.48.